The zero-order valence-electron chi connectivity index (χ0n) is 7.52. The minimum absolute atomic E-state index is 0.0943. The smallest absolute Gasteiger partial charge is 0.143 e. The van der Waals surface area contributed by atoms with E-state index in [9.17, 15) is 4.39 Å². The van der Waals surface area contributed by atoms with Gasteiger partial charge in [0.15, 0.2) is 0 Å². The molecule has 0 aliphatic heterocycles. The molecule has 0 radical (unpaired) electrons. The number of nitriles is 1. The Labute approximate surface area is 92.1 Å². The number of benzene rings is 1. The molecule has 0 saturated heterocycles. The highest BCUT2D eigenvalue weighted by atomic mass is 35.5. The first-order chi connectivity index (χ1) is 6.60. The Morgan fingerprint density at radius 1 is 1.50 bits per heavy atom. The summed E-state index contributed by atoms with van der Waals surface area (Å²) in [5.41, 5.74) is 0.571. The van der Waals surface area contributed by atoms with E-state index >= 15 is 0 Å². The largest absolute Gasteiger partial charge is 0.205 e. The summed E-state index contributed by atoms with van der Waals surface area (Å²) in [7, 11) is 0. The second-order valence-electron chi connectivity index (χ2n) is 2.89. The van der Waals surface area contributed by atoms with Crippen molar-refractivity contribution in [3.05, 3.63) is 33.6 Å². The zero-order chi connectivity index (χ0) is 10.7. The van der Waals surface area contributed by atoms with Crippen LogP contribution in [0, 0.1) is 17.1 Å². The maximum Gasteiger partial charge on any atom is 0.143 e. The predicted octanol–water partition coefficient (Wildman–Crippen LogP) is 4.15. The lowest BCUT2D eigenvalue weighted by Gasteiger charge is -2.08. The SMILES string of the molecule is CCC(C#N)c1cc(F)c(Cl)c(Cl)c1. The molecule has 1 aromatic carbocycles. The van der Waals surface area contributed by atoms with Crippen molar-refractivity contribution in [2.75, 3.05) is 0 Å². The average molecular weight is 232 g/mol. The van der Waals surface area contributed by atoms with E-state index in [0.29, 0.717) is 12.0 Å². The van der Waals surface area contributed by atoms with Crippen molar-refractivity contribution < 1.29 is 4.39 Å². The molecule has 14 heavy (non-hydrogen) atoms. The quantitative estimate of drug-likeness (QED) is 0.702. The molecule has 0 saturated carbocycles. The van der Waals surface area contributed by atoms with Crippen LogP contribution in [0.25, 0.3) is 0 Å². The molecule has 4 heteroatoms. The van der Waals surface area contributed by atoms with Gasteiger partial charge < -0.3 is 0 Å². The van der Waals surface area contributed by atoms with Gasteiger partial charge in [0.05, 0.1) is 22.0 Å². The number of halogens is 3. The van der Waals surface area contributed by atoms with E-state index in [2.05, 4.69) is 6.07 Å². The van der Waals surface area contributed by atoms with E-state index in [1.54, 1.807) is 0 Å². The fraction of sp³-hybridized carbons (Fsp3) is 0.300. The summed E-state index contributed by atoms with van der Waals surface area (Å²) >= 11 is 11.2. The Morgan fingerprint density at radius 3 is 2.57 bits per heavy atom. The Hall–Kier alpha value is -0.780. The monoisotopic (exact) mass is 231 g/mol. The van der Waals surface area contributed by atoms with Gasteiger partial charge in [-0.25, -0.2) is 4.39 Å². The van der Waals surface area contributed by atoms with Gasteiger partial charge in [0.2, 0.25) is 0 Å². The van der Waals surface area contributed by atoms with E-state index in [0.717, 1.165) is 0 Å². The molecular weight excluding hydrogens is 224 g/mol. The first kappa shape index (κ1) is 11.3. The Morgan fingerprint density at radius 2 is 2.14 bits per heavy atom. The molecule has 0 aliphatic rings. The van der Waals surface area contributed by atoms with Crippen LogP contribution < -0.4 is 0 Å². The van der Waals surface area contributed by atoms with Crippen molar-refractivity contribution in [3.63, 3.8) is 0 Å². The van der Waals surface area contributed by atoms with E-state index < -0.39 is 5.82 Å². The van der Waals surface area contributed by atoms with Crippen LogP contribution in [-0.2, 0) is 0 Å². The number of hydrogen-bond donors (Lipinski definition) is 0. The van der Waals surface area contributed by atoms with Gasteiger partial charge in [-0.05, 0) is 24.1 Å². The number of nitrogens with zero attached hydrogens (tertiary/aromatic N) is 1. The van der Waals surface area contributed by atoms with Crippen LogP contribution >= 0.6 is 23.2 Å². The minimum Gasteiger partial charge on any atom is -0.205 e. The highest BCUT2D eigenvalue weighted by molar-refractivity contribution is 6.42. The van der Waals surface area contributed by atoms with Gasteiger partial charge in [0.25, 0.3) is 0 Å². The van der Waals surface area contributed by atoms with Crippen LogP contribution in [-0.4, -0.2) is 0 Å². The molecule has 0 aliphatic carbocycles. The van der Waals surface area contributed by atoms with Crippen molar-refractivity contribution in [3.8, 4) is 6.07 Å². The van der Waals surface area contributed by atoms with Crippen molar-refractivity contribution in [2.24, 2.45) is 0 Å². The Balaban J connectivity index is 3.19. The predicted molar refractivity (Wildman–Crippen MR) is 55.1 cm³/mol. The summed E-state index contributed by atoms with van der Waals surface area (Å²) < 4.78 is 13.1. The van der Waals surface area contributed by atoms with Crippen LogP contribution in [0.3, 0.4) is 0 Å². The van der Waals surface area contributed by atoms with Crippen LogP contribution in [0.2, 0.25) is 10.0 Å². The lowest BCUT2D eigenvalue weighted by Crippen LogP contribution is -1.95. The molecule has 74 valence electrons. The maximum atomic E-state index is 13.1. The number of rotatable bonds is 2. The molecule has 1 atom stereocenters. The molecule has 1 nitrogen and oxygen atoms in total. The lowest BCUT2D eigenvalue weighted by atomic mass is 9.98. The third-order valence-electron chi connectivity index (χ3n) is 1.97. The maximum absolute atomic E-state index is 13.1. The fourth-order valence-corrected chi connectivity index (χ4v) is 1.50. The normalized spacial score (nSPS) is 12.2. The molecule has 0 aromatic heterocycles. The summed E-state index contributed by atoms with van der Waals surface area (Å²) in [5, 5.41) is 8.84. The van der Waals surface area contributed by atoms with Crippen molar-refractivity contribution in [2.45, 2.75) is 19.3 Å². The summed E-state index contributed by atoms with van der Waals surface area (Å²) in [6.07, 6.45) is 0.619. The second kappa shape index (κ2) is 4.63. The molecule has 0 amide bonds. The third kappa shape index (κ3) is 2.17. The van der Waals surface area contributed by atoms with Gasteiger partial charge in [-0.1, -0.05) is 30.1 Å². The minimum atomic E-state index is -0.581. The molecule has 0 N–H and O–H groups in total. The summed E-state index contributed by atoms with van der Waals surface area (Å²) in [5.74, 6) is -0.915. The third-order valence-corrected chi connectivity index (χ3v) is 2.75. The van der Waals surface area contributed by atoms with Gasteiger partial charge in [-0.3, -0.25) is 0 Å². The molecule has 1 aromatic rings. The van der Waals surface area contributed by atoms with Crippen LogP contribution in [0.5, 0.6) is 0 Å². The molecular formula is C10H8Cl2FN. The fourth-order valence-electron chi connectivity index (χ4n) is 1.18. The molecule has 0 spiro atoms. The summed E-state index contributed by atoms with van der Waals surface area (Å²) in [4.78, 5) is 0. The van der Waals surface area contributed by atoms with E-state index in [1.165, 1.54) is 12.1 Å². The van der Waals surface area contributed by atoms with Crippen LogP contribution in [0.4, 0.5) is 4.39 Å². The van der Waals surface area contributed by atoms with Crippen LogP contribution in [0.15, 0.2) is 12.1 Å². The topological polar surface area (TPSA) is 23.8 Å². The lowest BCUT2D eigenvalue weighted by molar-refractivity contribution is 0.624. The van der Waals surface area contributed by atoms with Gasteiger partial charge in [0.1, 0.15) is 5.82 Å². The zero-order valence-corrected chi connectivity index (χ0v) is 9.03. The van der Waals surface area contributed by atoms with Gasteiger partial charge in [-0.15, -0.1) is 0 Å². The Bertz CT molecular complexity index is 361. The van der Waals surface area contributed by atoms with E-state index in [4.69, 9.17) is 28.5 Å². The van der Waals surface area contributed by atoms with Crippen molar-refractivity contribution >= 4 is 23.2 Å². The molecule has 0 fully saturated rings. The van der Waals surface area contributed by atoms with E-state index in [-0.39, 0.29) is 16.0 Å². The molecule has 1 unspecified atom stereocenters. The first-order valence-corrected chi connectivity index (χ1v) is 4.89. The standard InChI is InChI=1S/C10H8Cl2FN/c1-2-6(5-14)7-3-8(11)10(12)9(13)4-7/h3-4,6H,2H2,1H3. The van der Waals surface area contributed by atoms with Crippen molar-refractivity contribution in [1.29, 1.82) is 5.26 Å². The van der Waals surface area contributed by atoms with Gasteiger partial charge in [0, 0.05) is 0 Å². The van der Waals surface area contributed by atoms with Gasteiger partial charge in [-0.2, -0.15) is 5.26 Å². The first-order valence-electron chi connectivity index (χ1n) is 4.14. The summed E-state index contributed by atoms with van der Waals surface area (Å²) in [6, 6.07) is 4.86. The summed E-state index contributed by atoms with van der Waals surface area (Å²) in [6.45, 7) is 1.86. The number of hydrogen-bond acceptors (Lipinski definition) is 1. The molecule has 0 bridgehead atoms. The van der Waals surface area contributed by atoms with E-state index in [1.807, 2.05) is 6.92 Å². The second-order valence-corrected chi connectivity index (χ2v) is 3.67. The molecule has 1 rings (SSSR count). The van der Waals surface area contributed by atoms with Gasteiger partial charge >= 0.3 is 0 Å². The van der Waals surface area contributed by atoms with Crippen LogP contribution in [0.1, 0.15) is 24.8 Å². The van der Waals surface area contributed by atoms with Crippen molar-refractivity contribution in [1.82, 2.24) is 0 Å². The molecule has 0 heterocycles. The highest BCUT2D eigenvalue weighted by Crippen LogP contribution is 2.30. The average Bonchev–Trinajstić information content (AvgIpc) is 2.16. The Kier molecular flexibility index (Phi) is 3.74. The highest BCUT2D eigenvalue weighted by Gasteiger charge is 2.13.